The standard InChI is InChI=1S/C18H20O4/c1-21-16(19)18(17(20)22-2)14-10-6-9-13(14)11-15(18)12-7-4-3-5-8-12/h3-5,7-9,14-15H,6,10-11H2,1-2H3. The van der Waals surface area contributed by atoms with Crippen molar-refractivity contribution in [2.24, 2.45) is 11.3 Å². The summed E-state index contributed by atoms with van der Waals surface area (Å²) < 4.78 is 10.1. The normalized spacial score (nSPS) is 25.3. The molecule has 116 valence electrons. The Labute approximate surface area is 130 Å². The fourth-order valence-corrected chi connectivity index (χ4v) is 4.20. The van der Waals surface area contributed by atoms with Gasteiger partial charge in [0.25, 0.3) is 0 Å². The van der Waals surface area contributed by atoms with Crippen LogP contribution in [0.4, 0.5) is 0 Å². The summed E-state index contributed by atoms with van der Waals surface area (Å²) in [6.07, 6.45) is 4.56. The summed E-state index contributed by atoms with van der Waals surface area (Å²) in [6, 6.07) is 9.71. The maximum absolute atomic E-state index is 12.7. The third-order valence-corrected chi connectivity index (χ3v) is 5.10. The number of rotatable bonds is 3. The number of hydrogen-bond donors (Lipinski definition) is 0. The molecule has 0 heterocycles. The van der Waals surface area contributed by atoms with Gasteiger partial charge in [-0.2, -0.15) is 0 Å². The predicted molar refractivity (Wildman–Crippen MR) is 81.1 cm³/mol. The average molecular weight is 300 g/mol. The lowest BCUT2D eigenvalue weighted by molar-refractivity contribution is -0.173. The molecular weight excluding hydrogens is 280 g/mol. The number of methoxy groups -OCH3 is 2. The molecule has 0 amide bonds. The Hall–Kier alpha value is -2.10. The van der Waals surface area contributed by atoms with Crippen molar-refractivity contribution in [1.82, 2.24) is 0 Å². The second kappa shape index (κ2) is 5.59. The zero-order chi connectivity index (χ0) is 15.7. The van der Waals surface area contributed by atoms with Crippen LogP contribution in [0.25, 0.3) is 0 Å². The molecule has 0 aromatic heterocycles. The summed E-state index contributed by atoms with van der Waals surface area (Å²) in [4.78, 5) is 25.4. The fraction of sp³-hybridized carbons (Fsp3) is 0.444. The molecule has 2 atom stereocenters. The van der Waals surface area contributed by atoms with Gasteiger partial charge in [-0.3, -0.25) is 9.59 Å². The quantitative estimate of drug-likeness (QED) is 0.489. The van der Waals surface area contributed by atoms with Crippen molar-refractivity contribution in [2.45, 2.75) is 25.2 Å². The number of allylic oxidation sites excluding steroid dienone is 2. The van der Waals surface area contributed by atoms with Crippen LogP contribution in [-0.2, 0) is 19.1 Å². The Balaban J connectivity index is 2.18. The van der Waals surface area contributed by atoms with Crippen LogP contribution in [0.5, 0.6) is 0 Å². The lowest BCUT2D eigenvalue weighted by atomic mass is 9.68. The predicted octanol–water partition coefficient (Wildman–Crippen LogP) is 2.84. The molecule has 0 radical (unpaired) electrons. The summed E-state index contributed by atoms with van der Waals surface area (Å²) in [6.45, 7) is 0. The highest BCUT2D eigenvalue weighted by atomic mass is 16.5. The molecule has 4 heteroatoms. The largest absolute Gasteiger partial charge is 0.468 e. The highest BCUT2D eigenvalue weighted by Crippen LogP contribution is 2.60. The highest BCUT2D eigenvalue weighted by Gasteiger charge is 2.65. The van der Waals surface area contributed by atoms with E-state index in [1.54, 1.807) is 0 Å². The van der Waals surface area contributed by atoms with Gasteiger partial charge in [0.05, 0.1) is 14.2 Å². The fourth-order valence-electron chi connectivity index (χ4n) is 4.20. The van der Waals surface area contributed by atoms with Gasteiger partial charge in [-0.1, -0.05) is 42.0 Å². The van der Waals surface area contributed by atoms with E-state index >= 15 is 0 Å². The Bertz CT molecular complexity index is 601. The van der Waals surface area contributed by atoms with Crippen molar-refractivity contribution < 1.29 is 19.1 Å². The van der Waals surface area contributed by atoms with Crippen molar-refractivity contribution >= 4 is 11.9 Å². The molecule has 0 N–H and O–H groups in total. The third-order valence-electron chi connectivity index (χ3n) is 5.10. The van der Waals surface area contributed by atoms with Crippen LogP contribution in [-0.4, -0.2) is 26.2 Å². The maximum atomic E-state index is 12.7. The lowest BCUT2D eigenvalue weighted by Gasteiger charge is -2.34. The van der Waals surface area contributed by atoms with Crippen LogP contribution in [0.2, 0.25) is 0 Å². The summed E-state index contributed by atoms with van der Waals surface area (Å²) in [7, 11) is 2.68. The second-order valence-electron chi connectivity index (χ2n) is 5.93. The lowest BCUT2D eigenvalue weighted by Crippen LogP contribution is -2.47. The van der Waals surface area contributed by atoms with E-state index in [9.17, 15) is 9.59 Å². The molecule has 2 aliphatic rings. The van der Waals surface area contributed by atoms with Crippen LogP contribution in [0.1, 0.15) is 30.7 Å². The SMILES string of the molecule is COC(=O)C1(C(=O)OC)C2CCC=C2CC1c1ccccc1. The monoisotopic (exact) mass is 300 g/mol. The Morgan fingerprint density at radius 1 is 1.05 bits per heavy atom. The van der Waals surface area contributed by atoms with Crippen molar-refractivity contribution in [3.63, 3.8) is 0 Å². The first-order valence-electron chi connectivity index (χ1n) is 7.57. The number of benzene rings is 1. The van der Waals surface area contributed by atoms with E-state index in [-0.39, 0.29) is 11.8 Å². The van der Waals surface area contributed by atoms with Crippen molar-refractivity contribution in [1.29, 1.82) is 0 Å². The van der Waals surface area contributed by atoms with Gasteiger partial charge in [0.1, 0.15) is 0 Å². The molecule has 0 spiro atoms. The van der Waals surface area contributed by atoms with E-state index in [2.05, 4.69) is 6.08 Å². The molecule has 0 bridgehead atoms. The molecule has 1 fully saturated rings. The Morgan fingerprint density at radius 2 is 1.68 bits per heavy atom. The van der Waals surface area contributed by atoms with E-state index in [0.29, 0.717) is 6.42 Å². The van der Waals surface area contributed by atoms with Gasteiger partial charge in [0, 0.05) is 11.8 Å². The van der Waals surface area contributed by atoms with Crippen molar-refractivity contribution in [2.75, 3.05) is 14.2 Å². The van der Waals surface area contributed by atoms with Crippen LogP contribution in [0, 0.1) is 11.3 Å². The van der Waals surface area contributed by atoms with Crippen molar-refractivity contribution in [3.05, 3.63) is 47.5 Å². The summed E-state index contributed by atoms with van der Waals surface area (Å²) >= 11 is 0. The van der Waals surface area contributed by atoms with E-state index in [4.69, 9.17) is 9.47 Å². The van der Waals surface area contributed by atoms with Crippen LogP contribution in [0.3, 0.4) is 0 Å². The molecule has 0 saturated heterocycles. The van der Waals surface area contributed by atoms with Gasteiger partial charge in [0.15, 0.2) is 5.41 Å². The van der Waals surface area contributed by atoms with Gasteiger partial charge >= 0.3 is 11.9 Å². The molecule has 3 rings (SSSR count). The first kappa shape index (κ1) is 14.8. The zero-order valence-corrected chi connectivity index (χ0v) is 12.9. The van der Waals surface area contributed by atoms with Crippen molar-refractivity contribution in [3.8, 4) is 0 Å². The minimum absolute atomic E-state index is 0.113. The average Bonchev–Trinajstić information content (AvgIpc) is 3.14. The molecule has 1 aromatic carbocycles. The first-order chi connectivity index (χ1) is 10.7. The molecular formula is C18H20O4. The van der Waals surface area contributed by atoms with E-state index in [0.717, 1.165) is 18.4 Å². The minimum atomic E-state index is -1.26. The van der Waals surface area contributed by atoms with Gasteiger partial charge < -0.3 is 9.47 Å². The molecule has 22 heavy (non-hydrogen) atoms. The zero-order valence-electron chi connectivity index (χ0n) is 12.9. The first-order valence-corrected chi connectivity index (χ1v) is 7.57. The number of carbonyl (C=O) groups is 2. The summed E-state index contributed by atoms with van der Waals surface area (Å²) in [5, 5.41) is 0. The minimum Gasteiger partial charge on any atom is -0.468 e. The number of esters is 2. The maximum Gasteiger partial charge on any atom is 0.324 e. The van der Waals surface area contributed by atoms with Crippen LogP contribution in [0.15, 0.2) is 42.0 Å². The molecule has 2 aliphatic carbocycles. The van der Waals surface area contributed by atoms with E-state index in [1.165, 1.54) is 19.8 Å². The van der Waals surface area contributed by atoms with Gasteiger partial charge in [-0.15, -0.1) is 0 Å². The highest BCUT2D eigenvalue weighted by molar-refractivity contribution is 6.03. The molecule has 0 aliphatic heterocycles. The summed E-state index contributed by atoms with van der Waals surface area (Å²) in [5.41, 5.74) is 0.908. The van der Waals surface area contributed by atoms with Gasteiger partial charge in [-0.25, -0.2) is 0 Å². The number of ether oxygens (including phenoxy) is 2. The molecule has 1 saturated carbocycles. The Kier molecular flexibility index (Phi) is 3.77. The van der Waals surface area contributed by atoms with E-state index in [1.807, 2.05) is 30.3 Å². The molecule has 4 nitrogen and oxygen atoms in total. The second-order valence-corrected chi connectivity index (χ2v) is 5.93. The number of hydrogen-bond acceptors (Lipinski definition) is 4. The third kappa shape index (κ3) is 1.90. The van der Waals surface area contributed by atoms with Gasteiger partial charge in [-0.05, 0) is 24.8 Å². The number of fused-ring (bicyclic) bond motifs is 1. The smallest absolute Gasteiger partial charge is 0.324 e. The van der Waals surface area contributed by atoms with Gasteiger partial charge in [0.2, 0.25) is 0 Å². The Morgan fingerprint density at radius 3 is 2.27 bits per heavy atom. The molecule has 1 aromatic rings. The van der Waals surface area contributed by atoms with Crippen LogP contribution >= 0.6 is 0 Å². The van der Waals surface area contributed by atoms with E-state index < -0.39 is 17.4 Å². The molecule has 2 unspecified atom stereocenters. The summed E-state index contributed by atoms with van der Waals surface area (Å²) in [5.74, 6) is -1.31. The number of carbonyl (C=O) groups excluding carboxylic acids is 2. The topological polar surface area (TPSA) is 52.6 Å². The van der Waals surface area contributed by atoms with Crippen LogP contribution < -0.4 is 0 Å².